The first kappa shape index (κ1) is 16.0. The Balaban J connectivity index is 2.37. The number of benzene rings is 1. The van der Waals surface area contributed by atoms with E-state index in [1.807, 2.05) is 44.2 Å². The Morgan fingerprint density at radius 2 is 2.05 bits per heavy atom. The fraction of sp³-hybridized carbons (Fsp3) is 0.421. The summed E-state index contributed by atoms with van der Waals surface area (Å²) in [7, 11) is 0. The molecule has 0 bridgehead atoms. The van der Waals surface area contributed by atoms with Crippen molar-refractivity contribution >= 4 is 6.21 Å². The van der Waals surface area contributed by atoms with Gasteiger partial charge >= 0.3 is 0 Å². The maximum Gasteiger partial charge on any atom is 0.151 e. The fourth-order valence-corrected chi connectivity index (χ4v) is 3.10. The van der Waals surface area contributed by atoms with Crippen LogP contribution >= 0.6 is 0 Å². The number of nitriles is 2. The average Bonchev–Trinajstić information content (AvgIpc) is 2.55. The minimum atomic E-state index is -0.849. The van der Waals surface area contributed by atoms with Crippen molar-refractivity contribution in [2.75, 3.05) is 0 Å². The lowest BCUT2D eigenvalue weighted by molar-refractivity contribution is 0.178. The molecule has 1 aliphatic rings. The molecule has 0 N–H and O–H groups in total. The molecule has 0 amide bonds. The Hall–Kier alpha value is -2.39. The van der Waals surface area contributed by atoms with Gasteiger partial charge in [-0.1, -0.05) is 49.4 Å². The third-order valence-electron chi connectivity index (χ3n) is 4.75. The molecule has 4 atom stereocenters. The molecule has 3 heteroatoms. The molecular weight excluding hydrogens is 270 g/mol. The van der Waals surface area contributed by atoms with Crippen LogP contribution in [0.15, 0.2) is 47.5 Å². The van der Waals surface area contributed by atoms with Gasteiger partial charge in [0, 0.05) is 12.1 Å². The number of rotatable bonds is 3. The monoisotopic (exact) mass is 291 g/mol. The molecule has 0 aromatic heterocycles. The van der Waals surface area contributed by atoms with Crippen LogP contribution in [0.2, 0.25) is 0 Å². The van der Waals surface area contributed by atoms with E-state index in [4.69, 9.17) is 0 Å². The van der Waals surface area contributed by atoms with E-state index < -0.39 is 5.54 Å². The zero-order valence-corrected chi connectivity index (χ0v) is 13.2. The number of hydrogen-bond donors (Lipinski definition) is 0. The summed E-state index contributed by atoms with van der Waals surface area (Å²) in [5.41, 5.74) is 1.15. The number of hydrogen-bond acceptors (Lipinski definition) is 3. The first-order chi connectivity index (χ1) is 10.5. The van der Waals surface area contributed by atoms with Gasteiger partial charge in [-0.25, -0.2) is 0 Å². The highest BCUT2D eigenvalue weighted by atomic mass is 14.9. The van der Waals surface area contributed by atoms with Gasteiger partial charge in [-0.05, 0) is 31.2 Å². The zero-order valence-electron chi connectivity index (χ0n) is 13.2. The van der Waals surface area contributed by atoms with Gasteiger partial charge in [-0.2, -0.15) is 10.5 Å². The molecule has 1 aliphatic carbocycles. The first-order valence-electron chi connectivity index (χ1n) is 7.59. The van der Waals surface area contributed by atoms with E-state index in [1.165, 1.54) is 0 Å². The largest absolute Gasteiger partial charge is 0.270 e. The van der Waals surface area contributed by atoms with E-state index in [2.05, 4.69) is 23.7 Å². The lowest BCUT2D eigenvalue weighted by Crippen LogP contribution is -2.44. The molecule has 1 aromatic carbocycles. The van der Waals surface area contributed by atoms with Gasteiger partial charge in [0.1, 0.15) is 0 Å². The van der Waals surface area contributed by atoms with E-state index in [0.717, 1.165) is 17.6 Å². The van der Waals surface area contributed by atoms with E-state index in [9.17, 15) is 10.5 Å². The van der Waals surface area contributed by atoms with E-state index in [0.29, 0.717) is 6.42 Å². The zero-order chi connectivity index (χ0) is 16.2. The first-order valence-corrected chi connectivity index (χ1v) is 7.59. The summed E-state index contributed by atoms with van der Waals surface area (Å²) >= 11 is 0. The molecule has 3 nitrogen and oxygen atoms in total. The summed E-state index contributed by atoms with van der Waals surface area (Å²) in [5, 5.41) is 19.2. The van der Waals surface area contributed by atoms with Gasteiger partial charge < -0.3 is 0 Å². The fourth-order valence-electron chi connectivity index (χ4n) is 3.10. The third kappa shape index (κ3) is 3.10. The predicted octanol–water partition coefficient (Wildman–Crippen LogP) is 4.13. The molecule has 0 radical (unpaired) electrons. The van der Waals surface area contributed by atoms with Crippen LogP contribution in [0.3, 0.4) is 0 Å². The van der Waals surface area contributed by atoms with Crippen LogP contribution in [0.4, 0.5) is 0 Å². The normalized spacial score (nSPS) is 31.4. The second-order valence-corrected chi connectivity index (χ2v) is 6.21. The van der Waals surface area contributed by atoms with E-state index in [-0.39, 0.29) is 17.8 Å². The lowest BCUT2D eigenvalue weighted by Gasteiger charge is -2.41. The summed E-state index contributed by atoms with van der Waals surface area (Å²) in [6.07, 6.45) is 3.17. The minimum absolute atomic E-state index is 0.0851. The molecular formula is C19H21N3. The molecule has 112 valence electrons. The summed E-state index contributed by atoms with van der Waals surface area (Å²) < 4.78 is 0. The van der Waals surface area contributed by atoms with E-state index in [1.54, 1.807) is 6.21 Å². The number of nitrogens with zero attached hydrogens (tertiary/aromatic N) is 3. The standard InChI is InChI=1S/C19H21N3/c1-14(2)17-9-18(11-20)15(3)19(10-17,13-21)22-12-16-7-5-4-6-8-16/h4-8,12,15,17-18H,1,9-10H2,2-3H3/t15-,17-,18+,19+/m1/s1. The van der Waals surface area contributed by atoms with Crippen LogP contribution in [0.25, 0.3) is 0 Å². The highest BCUT2D eigenvalue weighted by molar-refractivity contribution is 5.80. The van der Waals surface area contributed by atoms with Gasteiger partial charge in [0.15, 0.2) is 5.54 Å². The van der Waals surface area contributed by atoms with Crippen molar-refractivity contribution in [2.24, 2.45) is 22.7 Å². The van der Waals surface area contributed by atoms with Crippen molar-refractivity contribution < 1.29 is 0 Å². The summed E-state index contributed by atoms with van der Waals surface area (Å²) in [6.45, 7) is 7.96. The van der Waals surface area contributed by atoms with Crippen molar-refractivity contribution in [1.29, 1.82) is 10.5 Å². The molecule has 1 saturated carbocycles. The molecule has 22 heavy (non-hydrogen) atoms. The lowest BCUT2D eigenvalue weighted by atomic mass is 9.64. The van der Waals surface area contributed by atoms with Gasteiger partial charge in [0.25, 0.3) is 0 Å². The van der Waals surface area contributed by atoms with Crippen LogP contribution < -0.4 is 0 Å². The molecule has 1 fully saturated rings. The Morgan fingerprint density at radius 1 is 1.36 bits per heavy atom. The summed E-state index contributed by atoms with van der Waals surface area (Å²) in [4.78, 5) is 4.64. The van der Waals surface area contributed by atoms with Crippen LogP contribution in [0.5, 0.6) is 0 Å². The van der Waals surface area contributed by atoms with Gasteiger partial charge in [0.2, 0.25) is 0 Å². The highest BCUT2D eigenvalue weighted by Crippen LogP contribution is 2.44. The van der Waals surface area contributed by atoms with Crippen LogP contribution in [0, 0.1) is 40.4 Å². The predicted molar refractivity (Wildman–Crippen MR) is 88.2 cm³/mol. The minimum Gasteiger partial charge on any atom is -0.270 e. The van der Waals surface area contributed by atoms with Gasteiger partial charge in [-0.15, -0.1) is 0 Å². The van der Waals surface area contributed by atoms with Crippen molar-refractivity contribution in [3.63, 3.8) is 0 Å². The van der Waals surface area contributed by atoms with Crippen molar-refractivity contribution in [3.8, 4) is 12.1 Å². The average molecular weight is 291 g/mol. The number of aliphatic imine (C=N–C) groups is 1. The van der Waals surface area contributed by atoms with E-state index >= 15 is 0 Å². The molecule has 0 heterocycles. The Kier molecular flexibility index (Phi) is 4.78. The molecule has 0 saturated heterocycles. The topological polar surface area (TPSA) is 59.9 Å². The van der Waals surface area contributed by atoms with Gasteiger partial charge in [-0.3, -0.25) is 4.99 Å². The SMILES string of the molecule is C=C(C)[C@@H]1C[C@@H](C#N)[C@@H](C)[C@](C#N)(N=Cc2ccccc2)C1. The second kappa shape index (κ2) is 6.58. The highest BCUT2D eigenvalue weighted by Gasteiger charge is 2.47. The number of allylic oxidation sites excluding steroid dienone is 1. The second-order valence-electron chi connectivity index (χ2n) is 6.21. The Morgan fingerprint density at radius 3 is 2.59 bits per heavy atom. The molecule has 2 rings (SSSR count). The Bertz CT molecular complexity index is 647. The van der Waals surface area contributed by atoms with Crippen LogP contribution in [0.1, 0.15) is 32.3 Å². The summed E-state index contributed by atoms with van der Waals surface area (Å²) in [5.74, 6) is -0.0745. The van der Waals surface area contributed by atoms with Crippen molar-refractivity contribution in [1.82, 2.24) is 0 Å². The maximum atomic E-state index is 9.80. The van der Waals surface area contributed by atoms with Crippen molar-refractivity contribution in [2.45, 2.75) is 32.2 Å². The molecule has 0 aliphatic heterocycles. The van der Waals surface area contributed by atoms with Crippen LogP contribution in [-0.2, 0) is 0 Å². The third-order valence-corrected chi connectivity index (χ3v) is 4.75. The molecule has 0 spiro atoms. The van der Waals surface area contributed by atoms with Crippen molar-refractivity contribution in [3.05, 3.63) is 48.0 Å². The van der Waals surface area contributed by atoms with Gasteiger partial charge in [0.05, 0.1) is 18.1 Å². The maximum absolute atomic E-state index is 9.80. The molecule has 0 unspecified atom stereocenters. The molecule has 1 aromatic rings. The summed E-state index contributed by atoms with van der Waals surface area (Å²) in [6, 6.07) is 14.5. The van der Waals surface area contributed by atoms with Crippen LogP contribution in [-0.4, -0.2) is 11.8 Å². The smallest absolute Gasteiger partial charge is 0.151 e. The Labute approximate surface area is 132 Å². The quantitative estimate of drug-likeness (QED) is 0.621.